The Labute approximate surface area is 151 Å². The maximum absolute atomic E-state index is 10.9. The van der Waals surface area contributed by atoms with Crippen LogP contribution in [0.5, 0.6) is 0 Å². The van der Waals surface area contributed by atoms with Crippen LogP contribution < -0.4 is 0 Å². The molecule has 0 radical (unpaired) electrons. The third-order valence-electron chi connectivity index (χ3n) is 6.22. The minimum atomic E-state index is -0.585. The van der Waals surface area contributed by atoms with Gasteiger partial charge in [-0.2, -0.15) is 0 Å². The van der Waals surface area contributed by atoms with E-state index in [0.29, 0.717) is 5.92 Å². The second-order valence-corrected chi connectivity index (χ2v) is 8.25. The molecule has 0 amide bonds. The number of hydrogen-bond donors (Lipinski definition) is 1. The largest absolute Gasteiger partial charge is 0.385 e. The molecule has 4 nitrogen and oxygen atoms in total. The van der Waals surface area contributed by atoms with Crippen molar-refractivity contribution in [2.24, 2.45) is 5.92 Å². The van der Waals surface area contributed by atoms with Gasteiger partial charge in [0.2, 0.25) is 0 Å². The lowest BCUT2D eigenvalue weighted by molar-refractivity contribution is -0.0884. The first kappa shape index (κ1) is 17.5. The Kier molecular flexibility index (Phi) is 5.41. The highest BCUT2D eigenvalue weighted by molar-refractivity contribution is 5.29. The highest BCUT2D eigenvalue weighted by Gasteiger charge is 2.44. The average molecular weight is 344 g/mol. The van der Waals surface area contributed by atoms with E-state index in [9.17, 15) is 5.11 Å². The molecule has 3 aliphatic rings. The fourth-order valence-electron chi connectivity index (χ4n) is 4.71. The van der Waals surface area contributed by atoms with Crippen LogP contribution in [-0.4, -0.2) is 60.8 Å². The Morgan fingerprint density at radius 1 is 0.920 bits per heavy atom. The van der Waals surface area contributed by atoms with E-state index in [1.807, 2.05) is 0 Å². The lowest BCUT2D eigenvalue weighted by atomic mass is 9.67. The van der Waals surface area contributed by atoms with Crippen LogP contribution in [0, 0.1) is 5.92 Å². The quantitative estimate of drug-likeness (QED) is 0.891. The molecule has 1 N–H and O–H groups in total. The standard InChI is InChI=1S/C21H32N2O2/c24-21(14-19(15-21)17-22-8-2-1-3-9-22)20-6-4-18(5-7-20)16-23-10-12-25-13-11-23/h4-7,19,24H,1-3,8-17H2. The zero-order valence-electron chi connectivity index (χ0n) is 15.3. The van der Waals surface area contributed by atoms with Crippen molar-refractivity contribution < 1.29 is 9.84 Å². The van der Waals surface area contributed by atoms with Gasteiger partial charge in [-0.15, -0.1) is 0 Å². The number of piperidine rings is 1. The van der Waals surface area contributed by atoms with Crippen molar-refractivity contribution >= 4 is 0 Å². The van der Waals surface area contributed by atoms with E-state index in [1.54, 1.807) is 0 Å². The zero-order valence-corrected chi connectivity index (χ0v) is 15.3. The Morgan fingerprint density at radius 2 is 1.60 bits per heavy atom. The maximum Gasteiger partial charge on any atom is 0.0902 e. The molecule has 138 valence electrons. The number of rotatable bonds is 5. The van der Waals surface area contributed by atoms with E-state index in [-0.39, 0.29) is 0 Å². The molecule has 2 heterocycles. The van der Waals surface area contributed by atoms with Crippen molar-refractivity contribution in [3.05, 3.63) is 35.4 Å². The first-order chi connectivity index (χ1) is 12.2. The zero-order chi connectivity index (χ0) is 17.1. The molecule has 1 aliphatic carbocycles. The molecule has 1 aromatic rings. The third-order valence-corrected chi connectivity index (χ3v) is 6.22. The Balaban J connectivity index is 1.28. The molecule has 3 fully saturated rings. The highest BCUT2D eigenvalue weighted by Crippen LogP contribution is 2.46. The molecule has 0 aromatic heterocycles. The predicted molar refractivity (Wildman–Crippen MR) is 99.4 cm³/mol. The second-order valence-electron chi connectivity index (χ2n) is 8.25. The summed E-state index contributed by atoms with van der Waals surface area (Å²) in [5, 5.41) is 10.9. The van der Waals surface area contributed by atoms with Gasteiger partial charge in [0.05, 0.1) is 18.8 Å². The lowest BCUT2D eigenvalue weighted by Gasteiger charge is -2.46. The van der Waals surface area contributed by atoms with Crippen molar-refractivity contribution in [2.75, 3.05) is 45.9 Å². The molecule has 1 saturated carbocycles. The molecule has 2 saturated heterocycles. The summed E-state index contributed by atoms with van der Waals surface area (Å²) in [5.74, 6) is 0.663. The number of hydrogen-bond acceptors (Lipinski definition) is 4. The van der Waals surface area contributed by atoms with E-state index < -0.39 is 5.60 Å². The second kappa shape index (κ2) is 7.75. The number of benzene rings is 1. The van der Waals surface area contributed by atoms with Crippen LogP contribution in [0.25, 0.3) is 0 Å². The minimum Gasteiger partial charge on any atom is -0.385 e. The van der Waals surface area contributed by atoms with Crippen LogP contribution >= 0.6 is 0 Å². The van der Waals surface area contributed by atoms with Gasteiger partial charge in [0.15, 0.2) is 0 Å². The molecular weight excluding hydrogens is 312 g/mol. The van der Waals surface area contributed by atoms with Gasteiger partial charge in [0.1, 0.15) is 0 Å². The molecule has 0 unspecified atom stereocenters. The van der Waals surface area contributed by atoms with Crippen LogP contribution in [0.2, 0.25) is 0 Å². The SMILES string of the molecule is OC1(c2ccc(CN3CCOCC3)cc2)CC(CN2CCCCC2)C1. The Hall–Kier alpha value is -0.940. The molecule has 4 rings (SSSR count). The number of morpholine rings is 1. The molecule has 2 aliphatic heterocycles. The number of ether oxygens (including phenoxy) is 1. The summed E-state index contributed by atoms with van der Waals surface area (Å²) in [4.78, 5) is 5.03. The smallest absolute Gasteiger partial charge is 0.0902 e. The van der Waals surface area contributed by atoms with E-state index in [1.165, 1.54) is 44.5 Å². The summed E-state index contributed by atoms with van der Waals surface area (Å²) in [5.41, 5.74) is 1.85. The van der Waals surface area contributed by atoms with Gasteiger partial charge in [-0.1, -0.05) is 30.7 Å². The number of aliphatic hydroxyl groups is 1. The molecule has 4 heteroatoms. The fraction of sp³-hybridized carbons (Fsp3) is 0.714. The molecule has 0 atom stereocenters. The van der Waals surface area contributed by atoms with Crippen LogP contribution in [0.1, 0.15) is 43.2 Å². The summed E-state index contributed by atoms with van der Waals surface area (Å²) in [6.45, 7) is 8.40. The summed E-state index contributed by atoms with van der Waals surface area (Å²) < 4.78 is 5.41. The molecule has 1 aromatic carbocycles. The van der Waals surface area contributed by atoms with E-state index in [0.717, 1.165) is 51.3 Å². The van der Waals surface area contributed by atoms with Crippen LogP contribution in [0.4, 0.5) is 0 Å². The Morgan fingerprint density at radius 3 is 2.28 bits per heavy atom. The van der Waals surface area contributed by atoms with Crippen molar-refractivity contribution in [1.29, 1.82) is 0 Å². The summed E-state index contributed by atoms with van der Waals surface area (Å²) >= 11 is 0. The third kappa shape index (κ3) is 4.25. The van der Waals surface area contributed by atoms with Gasteiger partial charge in [0.25, 0.3) is 0 Å². The minimum absolute atomic E-state index is 0.585. The average Bonchev–Trinajstić information content (AvgIpc) is 2.63. The van der Waals surface area contributed by atoms with Crippen molar-refractivity contribution in [3.8, 4) is 0 Å². The predicted octanol–water partition coefficient (Wildman–Crippen LogP) is 2.60. The van der Waals surface area contributed by atoms with Gasteiger partial charge >= 0.3 is 0 Å². The van der Waals surface area contributed by atoms with Gasteiger partial charge in [-0.3, -0.25) is 4.90 Å². The van der Waals surface area contributed by atoms with Crippen LogP contribution in [0.15, 0.2) is 24.3 Å². The molecule has 0 bridgehead atoms. The molecular formula is C21H32N2O2. The summed E-state index contributed by atoms with van der Waals surface area (Å²) in [6, 6.07) is 8.68. The molecule has 0 spiro atoms. The fourth-order valence-corrected chi connectivity index (χ4v) is 4.71. The van der Waals surface area contributed by atoms with Gasteiger partial charge in [-0.05, 0) is 55.8 Å². The van der Waals surface area contributed by atoms with Gasteiger partial charge in [-0.25, -0.2) is 0 Å². The normalized spacial score (nSPS) is 31.6. The Bertz CT molecular complexity index is 542. The van der Waals surface area contributed by atoms with E-state index >= 15 is 0 Å². The highest BCUT2D eigenvalue weighted by atomic mass is 16.5. The first-order valence-electron chi connectivity index (χ1n) is 10.1. The van der Waals surface area contributed by atoms with Crippen molar-refractivity contribution in [2.45, 2.75) is 44.2 Å². The van der Waals surface area contributed by atoms with Crippen LogP contribution in [0.3, 0.4) is 0 Å². The number of likely N-dealkylation sites (tertiary alicyclic amines) is 1. The number of nitrogens with zero attached hydrogens (tertiary/aromatic N) is 2. The van der Waals surface area contributed by atoms with Crippen molar-refractivity contribution in [1.82, 2.24) is 9.80 Å². The molecule has 25 heavy (non-hydrogen) atoms. The monoisotopic (exact) mass is 344 g/mol. The van der Waals surface area contributed by atoms with E-state index in [2.05, 4.69) is 34.1 Å². The lowest BCUT2D eigenvalue weighted by Crippen LogP contribution is -2.47. The summed E-state index contributed by atoms with van der Waals surface area (Å²) in [6.07, 6.45) is 5.93. The van der Waals surface area contributed by atoms with Gasteiger partial charge < -0.3 is 14.7 Å². The van der Waals surface area contributed by atoms with Crippen LogP contribution in [-0.2, 0) is 16.9 Å². The first-order valence-corrected chi connectivity index (χ1v) is 10.1. The van der Waals surface area contributed by atoms with Crippen molar-refractivity contribution in [3.63, 3.8) is 0 Å². The van der Waals surface area contributed by atoms with E-state index in [4.69, 9.17) is 4.74 Å². The topological polar surface area (TPSA) is 35.9 Å². The van der Waals surface area contributed by atoms with Gasteiger partial charge in [0, 0.05) is 26.2 Å². The summed E-state index contributed by atoms with van der Waals surface area (Å²) in [7, 11) is 0. The maximum atomic E-state index is 10.9.